The maximum absolute atomic E-state index is 14.2. The van der Waals surface area contributed by atoms with E-state index in [0.29, 0.717) is 29.7 Å². The van der Waals surface area contributed by atoms with Crippen molar-refractivity contribution in [3.05, 3.63) is 35.4 Å². The Hall–Kier alpha value is -3.19. The van der Waals surface area contributed by atoms with Gasteiger partial charge in [-0.05, 0) is 77.2 Å². The Kier molecular flexibility index (Phi) is 12.7. The predicted molar refractivity (Wildman–Crippen MR) is 150 cm³/mol. The van der Waals surface area contributed by atoms with E-state index in [2.05, 4.69) is 21.3 Å². The summed E-state index contributed by atoms with van der Waals surface area (Å²) in [7, 11) is 1.22. The first kappa shape index (κ1) is 32.8. The number of terminal acetylenes is 1. The van der Waals surface area contributed by atoms with Gasteiger partial charge >= 0.3 is 12.1 Å². The van der Waals surface area contributed by atoms with Crippen molar-refractivity contribution in [3.63, 3.8) is 0 Å². The Morgan fingerprint density at radius 3 is 2.18 bits per heavy atom. The monoisotopic (exact) mass is 547 g/mol. The molecular weight excluding hydrogens is 506 g/mol. The molecule has 0 saturated carbocycles. The van der Waals surface area contributed by atoms with Crippen molar-refractivity contribution in [1.29, 1.82) is 0 Å². The van der Waals surface area contributed by atoms with Gasteiger partial charge in [-0.25, -0.2) is 4.79 Å². The van der Waals surface area contributed by atoms with Crippen LogP contribution in [0.5, 0.6) is 0 Å². The Balaban J connectivity index is 3.62. The van der Waals surface area contributed by atoms with E-state index in [1.807, 2.05) is 27.0 Å². The fourth-order valence-corrected chi connectivity index (χ4v) is 4.04. The summed E-state index contributed by atoms with van der Waals surface area (Å²) in [5, 5.41) is 5.29. The Bertz CT molecular complexity index is 1010. The van der Waals surface area contributed by atoms with Gasteiger partial charge < -0.3 is 25.0 Å². The summed E-state index contributed by atoms with van der Waals surface area (Å²) in [5.41, 5.74) is -0.460. The number of hydrogen-bond acceptors (Lipinski definition) is 7. The fourth-order valence-electron chi connectivity index (χ4n) is 3.56. The minimum atomic E-state index is -1.12. The molecule has 38 heavy (non-hydrogen) atoms. The summed E-state index contributed by atoms with van der Waals surface area (Å²) in [4.78, 5) is 53.8. The van der Waals surface area contributed by atoms with E-state index < -0.39 is 47.1 Å². The summed E-state index contributed by atoms with van der Waals surface area (Å²) < 4.78 is 10.1. The van der Waals surface area contributed by atoms with Crippen LogP contribution in [0.4, 0.5) is 4.79 Å². The molecule has 0 fully saturated rings. The van der Waals surface area contributed by atoms with Gasteiger partial charge in [0.1, 0.15) is 24.2 Å². The van der Waals surface area contributed by atoms with Crippen molar-refractivity contribution in [3.8, 4) is 12.3 Å². The highest BCUT2D eigenvalue weighted by atomic mass is 32.2. The maximum Gasteiger partial charge on any atom is 0.408 e. The van der Waals surface area contributed by atoms with Gasteiger partial charge in [0.2, 0.25) is 11.8 Å². The van der Waals surface area contributed by atoms with Gasteiger partial charge in [-0.3, -0.25) is 14.4 Å². The van der Waals surface area contributed by atoms with E-state index in [0.717, 1.165) is 0 Å². The number of rotatable bonds is 12. The summed E-state index contributed by atoms with van der Waals surface area (Å²) in [6.07, 6.45) is 7.51. The van der Waals surface area contributed by atoms with E-state index in [1.54, 1.807) is 45.0 Å². The maximum atomic E-state index is 14.2. The van der Waals surface area contributed by atoms with Gasteiger partial charge in [0, 0.05) is 11.1 Å². The lowest BCUT2D eigenvalue weighted by Gasteiger charge is -2.44. The van der Waals surface area contributed by atoms with Crippen molar-refractivity contribution >= 4 is 35.6 Å². The smallest absolute Gasteiger partial charge is 0.408 e. The number of thioether (sulfide) groups is 1. The minimum absolute atomic E-state index is 0.321. The lowest BCUT2D eigenvalue weighted by atomic mass is 9.91. The molecule has 0 aliphatic heterocycles. The number of benzene rings is 1. The van der Waals surface area contributed by atoms with Crippen LogP contribution < -0.4 is 10.6 Å². The molecule has 210 valence electrons. The molecule has 3 amide bonds. The van der Waals surface area contributed by atoms with Gasteiger partial charge in [-0.1, -0.05) is 25.0 Å². The molecule has 9 nitrogen and oxygen atoms in total. The van der Waals surface area contributed by atoms with Crippen LogP contribution >= 0.6 is 11.8 Å². The van der Waals surface area contributed by atoms with Crippen LogP contribution in [0.2, 0.25) is 0 Å². The number of ether oxygens (including phenoxy) is 2. The average molecular weight is 548 g/mol. The van der Waals surface area contributed by atoms with Crippen molar-refractivity contribution in [2.45, 2.75) is 77.6 Å². The van der Waals surface area contributed by atoms with Crippen LogP contribution in [0.25, 0.3) is 0 Å². The second-order valence-corrected chi connectivity index (χ2v) is 11.3. The van der Waals surface area contributed by atoms with Crippen molar-refractivity contribution < 1.29 is 28.7 Å². The number of esters is 1. The topological polar surface area (TPSA) is 114 Å². The third-order valence-corrected chi connectivity index (χ3v) is 6.53. The highest BCUT2D eigenvalue weighted by Crippen LogP contribution is 2.32. The molecule has 0 saturated heterocycles. The molecule has 2 N–H and O–H groups in total. The number of amides is 3. The highest BCUT2D eigenvalue weighted by Gasteiger charge is 2.43. The van der Waals surface area contributed by atoms with Crippen LogP contribution in [-0.2, 0) is 23.9 Å². The number of methoxy groups -OCH3 is 1. The number of carbonyl (C=O) groups excluding carboxylic acids is 4. The average Bonchev–Trinajstić information content (AvgIpc) is 2.86. The molecule has 0 aliphatic carbocycles. The fraction of sp³-hybridized carbons (Fsp3) is 0.571. The largest absolute Gasteiger partial charge is 0.468 e. The summed E-state index contributed by atoms with van der Waals surface area (Å²) in [6, 6.07) is 4.66. The van der Waals surface area contributed by atoms with Gasteiger partial charge in [-0.15, -0.1) is 6.42 Å². The zero-order valence-electron chi connectivity index (χ0n) is 23.7. The van der Waals surface area contributed by atoms with Crippen molar-refractivity contribution in [2.24, 2.45) is 0 Å². The van der Waals surface area contributed by atoms with E-state index in [9.17, 15) is 19.2 Å². The Labute approximate surface area is 230 Å². The third kappa shape index (κ3) is 9.93. The summed E-state index contributed by atoms with van der Waals surface area (Å²) in [5.74, 6) is 1.48. The molecule has 0 aliphatic rings. The van der Waals surface area contributed by atoms with Gasteiger partial charge in [0.05, 0.1) is 7.11 Å². The van der Waals surface area contributed by atoms with E-state index in [-0.39, 0.29) is 6.54 Å². The Morgan fingerprint density at radius 2 is 1.71 bits per heavy atom. The molecule has 0 spiro atoms. The second-order valence-electron chi connectivity index (χ2n) is 10.3. The first-order valence-corrected chi connectivity index (χ1v) is 13.8. The van der Waals surface area contributed by atoms with E-state index in [4.69, 9.17) is 11.2 Å². The number of alkyl carbamates (subject to hydrolysis) is 1. The number of carbonyl (C=O) groups is 4. The van der Waals surface area contributed by atoms with Crippen molar-refractivity contribution in [2.75, 3.05) is 25.7 Å². The molecule has 0 bridgehead atoms. The van der Waals surface area contributed by atoms with Crippen LogP contribution in [0.1, 0.15) is 71.6 Å². The van der Waals surface area contributed by atoms with E-state index >= 15 is 0 Å². The first-order chi connectivity index (χ1) is 17.7. The standard InChI is InChI=1S/C28H41N3O6S/c1-10-19-12-14-20(15-13-19)23(24(33)29-18-22(32)36-8)31(28(6,7)11-2)25(34)21(16-17-38-9)30-26(35)37-27(3,4)5/h1,12-15,21,23H,11,16-18H2,2-9H3,(H,29,33)(H,30,35). The molecule has 0 radical (unpaired) electrons. The minimum Gasteiger partial charge on any atom is -0.468 e. The van der Waals surface area contributed by atoms with Crippen LogP contribution in [0, 0.1) is 12.3 Å². The molecule has 2 atom stereocenters. The third-order valence-electron chi connectivity index (χ3n) is 5.89. The zero-order valence-corrected chi connectivity index (χ0v) is 24.5. The van der Waals surface area contributed by atoms with Crippen LogP contribution in [0.15, 0.2) is 24.3 Å². The molecule has 1 aromatic rings. The summed E-state index contributed by atoms with van der Waals surface area (Å²) >= 11 is 1.53. The normalized spacial score (nSPS) is 12.9. The highest BCUT2D eigenvalue weighted by molar-refractivity contribution is 7.98. The number of nitrogens with one attached hydrogen (secondary N) is 2. The lowest BCUT2D eigenvalue weighted by Crippen LogP contribution is -2.59. The Morgan fingerprint density at radius 1 is 1.11 bits per heavy atom. The molecule has 1 rings (SSSR count). The quantitative estimate of drug-likeness (QED) is 0.303. The van der Waals surface area contributed by atoms with Gasteiger partial charge in [0.15, 0.2) is 0 Å². The van der Waals surface area contributed by atoms with E-state index in [1.165, 1.54) is 23.8 Å². The molecule has 0 heterocycles. The van der Waals surface area contributed by atoms with Crippen LogP contribution in [0.3, 0.4) is 0 Å². The van der Waals surface area contributed by atoms with Gasteiger partial charge in [0.25, 0.3) is 0 Å². The van der Waals surface area contributed by atoms with Crippen molar-refractivity contribution in [1.82, 2.24) is 15.5 Å². The zero-order chi connectivity index (χ0) is 29.1. The lowest BCUT2D eigenvalue weighted by molar-refractivity contribution is -0.150. The van der Waals surface area contributed by atoms with Crippen LogP contribution in [-0.4, -0.2) is 71.6 Å². The first-order valence-electron chi connectivity index (χ1n) is 12.4. The number of hydrogen-bond donors (Lipinski definition) is 2. The SMILES string of the molecule is C#Cc1ccc(C(C(=O)NCC(=O)OC)N(C(=O)C(CCSC)NC(=O)OC(C)(C)C)C(C)(C)CC)cc1. The summed E-state index contributed by atoms with van der Waals surface area (Å²) in [6.45, 7) is 10.4. The second kappa shape index (κ2) is 14.7. The predicted octanol–water partition coefficient (Wildman–Crippen LogP) is 3.66. The molecule has 0 aromatic heterocycles. The number of nitrogens with zero attached hydrogens (tertiary/aromatic N) is 1. The van der Waals surface area contributed by atoms with Gasteiger partial charge in [-0.2, -0.15) is 11.8 Å². The molecular formula is C28H41N3O6S. The molecule has 10 heteroatoms. The molecule has 1 aromatic carbocycles. The molecule has 2 unspecified atom stereocenters.